The molecule has 45 heavy (non-hydrogen) atoms. The molecule has 0 aliphatic rings. The average molecular weight is 576 g/mol. The molecule has 0 amide bonds. The Labute approximate surface area is 258 Å². The Balaban J connectivity index is 1.18. The van der Waals surface area contributed by atoms with Crippen molar-refractivity contribution < 1.29 is 4.42 Å². The average Bonchev–Trinajstić information content (AvgIpc) is 3.75. The minimum atomic E-state index is 0.806. The highest BCUT2D eigenvalue weighted by Crippen LogP contribution is 2.39. The highest BCUT2D eigenvalue weighted by atomic mass is 16.3. The third-order valence-corrected chi connectivity index (χ3v) is 9.16. The quantitative estimate of drug-likeness (QED) is 0.210. The highest BCUT2D eigenvalue weighted by Gasteiger charge is 2.17. The van der Waals surface area contributed by atoms with Crippen LogP contribution in [-0.4, -0.2) is 14.1 Å². The Morgan fingerprint density at radius 2 is 1.00 bits per heavy atom. The Morgan fingerprint density at radius 3 is 1.69 bits per heavy atom. The van der Waals surface area contributed by atoms with Crippen molar-refractivity contribution in [3.63, 3.8) is 0 Å². The van der Waals surface area contributed by atoms with Gasteiger partial charge in [0, 0.05) is 44.5 Å². The maximum atomic E-state index is 6.08. The van der Waals surface area contributed by atoms with Crippen LogP contribution in [0.25, 0.3) is 88.2 Å². The molecule has 4 heterocycles. The summed E-state index contributed by atoms with van der Waals surface area (Å²) in [5.41, 5.74) is 12.0. The number of furan rings is 1. The van der Waals surface area contributed by atoms with Crippen LogP contribution in [0.3, 0.4) is 0 Å². The van der Waals surface area contributed by atoms with E-state index in [4.69, 9.17) is 4.42 Å². The molecule has 10 rings (SSSR count). The van der Waals surface area contributed by atoms with E-state index in [0.717, 1.165) is 27.8 Å². The molecule has 0 saturated heterocycles. The van der Waals surface area contributed by atoms with Gasteiger partial charge in [-0.3, -0.25) is 4.98 Å². The van der Waals surface area contributed by atoms with Gasteiger partial charge in [0.15, 0.2) is 5.58 Å². The first-order valence-corrected chi connectivity index (χ1v) is 15.2. The summed E-state index contributed by atoms with van der Waals surface area (Å²) in [6.07, 6.45) is 1.82. The monoisotopic (exact) mass is 575 g/mol. The lowest BCUT2D eigenvalue weighted by Gasteiger charge is -2.09. The van der Waals surface area contributed by atoms with Gasteiger partial charge in [-0.15, -0.1) is 0 Å². The van der Waals surface area contributed by atoms with Crippen LogP contribution < -0.4 is 0 Å². The Morgan fingerprint density at radius 1 is 0.400 bits per heavy atom. The third kappa shape index (κ3) is 3.51. The van der Waals surface area contributed by atoms with E-state index >= 15 is 0 Å². The number of para-hydroxylation sites is 3. The molecule has 0 N–H and O–H groups in total. The number of hydrogen-bond acceptors (Lipinski definition) is 2. The van der Waals surface area contributed by atoms with E-state index in [1.807, 2.05) is 18.3 Å². The number of hydrogen-bond donors (Lipinski definition) is 0. The van der Waals surface area contributed by atoms with Crippen molar-refractivity contribution in [3.8, 4) is 22.5 Å². The van der Waals surface area contributed by atoms with Gasteiger partial charge < -0.3 is 13.6 Å². The zero-order chi connectivity index (χ0) is 29.5. The Kier molecular flexibility index (Phi) is 4.96. The van der Waals surface area contributed by atoms with Crippen LogP contribution in [0.5, 0.6) is 0 Å². The predicted molar refractivity (Wildman–Crippen MR) is 186 cm³/mol. The zero-order valence-corrected chi connectivity index (χ0v) is 24.2. The summed E-state index contributed by atoms with van der Waals surface area (Å²) in [6, 6.07) is 52.0. The summed E-state index contributed by atoms with van der Waals surface area (Å²) in [6.45, 7) is 0. The summed E-state index contributed by atoms with van der Waals surface area (Å²) in [4.78, 5) is 4.62. The second-order valence-electron chi connectivity index (χ2n) is 11.6. The molecule has 4 nitrogen and oxygen atoms in total. The fourth-order valence-electron chi connectivity index (χ4n) is 7.16. The molecule has 0 spiro atoms. The Bertz CT molecular complexity index is 2760. The number of nitrogens with zero attached hydrogens (tertiary/aromatic N) is 3. The lowest BCUT2D eigenvalue weighted by molar-refractivity contribution is 0.668. The topological polar surface area (TPSA) is 35.9 Å². The molecule has 0 aliphatic heterocycles. The fraction of sp³-hybridized carbons (Fsp3) is 0. The van der Waals surface area contributed by atoms with Crippen LogP contribution in [0.4, 0.5) is 0 Å². The standard InChI is InChI=1S/C41H25N3O/c1-2-9-28(10-3-1)43-35-13-6-4-11-30(35)32-23-26(16-19-37(32)43)27-17-20-38-33(24-27)31-12-5-7-14-36(31)44(38)29-18-21-39-34(25-29)41-40(45-39)15-8-22-42-41/h1-25H. The maximum absolute atomic E-state index is 6.08. The first-order valence-electron chi connectivity index (χ1n) is 15.2. The zero-order valence-electron chi connectivity index (χ0n) is 24.2. The molecular formula is C41H25N3O. The van der Waals surface area contributed by atoms with E-state index in [2.05, 4.69) is 148 Å². The van der Waals surface area contributed by atoms with Crippen LogP contribution in [0, 0.1) is 0 Å². The molecule has 0 unspecified atom stereocenters. The van der Waals surface area contributed by atoms with Gasteiger partial charge in [0.05, 0.1) is 22.1 Å². The molecule has 0 fully saturated rings. The first-order chi connectivity index (χ1) is 22.3. The predicted octanol–water partition coefficient (Wildman–Crippen LogP) is 10.8. The van der Waals surface area contributed by atoms with Crippen molar-refractivity contribution in [3.05, 3.63) is 152 Å². The smallest absolute Gasteiger partial charge is 0.153 e. The van der Waals surface area contributed by atoms with E-state index < -0.39 is 0 Å². The van der Waals surface area contributed by atoms with Crippen LogP contribution in [0.15, 0.2) is 156 Å². The Hall–Kier alpha value is -6.13. The van der Waals surface area contributed by atoms with Gasteiger partial charge >= 0.3 is 0 Å². The molecule has 6 aromatic carbocycles. The number of benzene rings is 6. The van der Waals surface area contributed by atoms with E-state index in [1.165, 1.54) is 60.4 Å². The largest absolute Gasteiger partial charge is 0.454 e. The van der Waals surface area contributed by atoms with Crippen LogP contribution in [0.2, 0.25) is 0 Å². The van der Waals surface area contributed by atoms with E-state index in [-0.39, 0.29) is 0 Å². The van der Waals surface area contributed by atoms with Gasteiger partial charge in [-0.2, -0.15) is 0 Å². The lowest BCUT2D eigenvalue weighted by Crippen LogP contribution is -1.93. The summed E-state index contributed by atoms with van der Waals surface area (Å²) in [5.74, 6) is 0. The molecule has 0 aliphatic carbocycles. The van der Waals surface area contributed by atoms with E-state index in [1.54, 1.807) is 0 Å². The normalized spacial score (nSPS) is 12.0. The van der Waals surface area contributed by atoms with Crippen LogP contribution in [-0.2, 0) is 0 Å². The van der Waals surface area contributed by atoms with Crippen molar-refractivity contribution in [2.75, 3.05) is 0 Å². The third-order valence-electron chi connectivity index (χ3n) is 9.16. The van der Waals surface area contributed by atoms with Crippen LogP contribution >= 0.6 is 0 Å². The van der Waals surface area contributed by atoms with Crippen molar-refractivity contribution in [1.29, 1.82) is 0 Å². The molecular weight excluding hydrogens is 550 g/mol. The molecule has 0 atom stereocenters. The first kappa shape index (κ1) is 24.3. The molecule has 4 heteroatoms. The maximum Gasteiger partial charge on any atom is 0.153 e. The number of pyridine rings is 1. The van der Waals surface area contributed by atoms with Gasteiger partial charge in [0.2, 0.25) is 0 Å². The minimum Gasteiger partial charge on any atom is -0.454 e. The minimum absolute atomic E-state index is 0.806. The molecule has 0 radical (unpaired) electrons. The van der Waals surface area contributed by atoms with E-state index in [9.17, 15) is 0 Å². The van der Waals surface area contributed by atoms with Crippen molar-refractivity contribution >= 4 is 65.7 Å². The van der Waals surface area contributed by atoms with Gasteiger partial charge in [0.1, 0.15) is 11.1 Å². The van der Waals surface area contributed by atoms with Gasteiger partial charge in [-0.25, -0.2) is 0 Å². The number of fused-ring (bicyclic) bond motifs is 9. The van der Waals surface area contributed by atoms with E-state index in [0.29, 0.717) is 0 Å². The molecule has 4 aromatic heterocycles. The molecule has 210 valence electrons. The second kappa shape index (κ2) is 9.18. The van der Waals surface area contributed by atoms with Crippen LogP contribution in [0.1, 0.15) is 0 Å². The lowest BCUT2D eigenvalue weighted by atomic mass is 10.0. The number of rotatable bonds is 3. The van der Waals surface area contributed by atoms with Crippen molar-refractivity contribution in [2.24, 2.45) is 0 Å². The second-order valence-corrected chi connectivity index (χ2v) is 11.6. The summed E-state index contributed by atoms with van der Waals surface area (Å²) >= 11 is 0. The van der Waals surface area contributed by atoms with Gasteiger partial charge in [0.25, 0.3) is 0 Å². The highest BCUT2D eigenvalue weighted by molar-refractivity contribution is 6.13. The number of aromatic nitrogens is 3. The van der Waals surface area contributed by atoms with Crippen molar-refractivity contribution in [1.82, 2.24) is 14.1 Å². The summed E-state index contributed by atoms with van der Waals surface area (Å²) in [7, 11) is 0. The molecule has 10 aromatic rings. The summed E-state index contributed by atoms with van der Waals surface area (Å²) < 4.78 is 10.8. The molecule has 0 saturated carbocycles. The van der Waals surface area contributed by atoms with Gasteiger partial charge in [-0.05, 0) is 90.0 Å². The SMILES string of the molecule is c1ccc(-n2c3ccccc3c3cc(-c4ccc5c(c4)c4ccccc4n5-c4ccc5oc6cccnc6c5c4)ccc32)cc1. The fourth-order valence-corrected chi connectivity index (χ4v) is 7.16. The summed E-state index contributed by atoms with van der Waals surface area (Å²) in [5, 5.41) is 5.99. The van der Waals surface area contributed by atoms with Crippen molar-refractivity contribution in [2.45, 2.75) is 0 Å². The molecule has 0 bridgehead atoms. The van der Waals surface area contributed by atoms with Gasteiger partial charge in [-0.1, -0.05) is 66.7 Å².